The fourth-order valence-electron chi connectivity index (χ4n) is 9.25. The van der Waals surface area contributed by atoms with Crippen molar-refractivity contribution in [3.63, 3.8) is 0 Å². The van der Waals surface area contributed by atoms with E-state index >= 15 is 0 Å². The van der Waals surface area contributed by atoms with Crippen molar-refractivity contribution in [1.82, 2.24) is 0 Å². The lowest BCUT2D eigenvalue weighted by atomic mass is 9.82. The van der Waals surface area contributed by atoms with Gasteiger partial charge in [-0.25, -0.2) is 0 Å². The third kappa shape index (κ3) is 4.28. The van der Waals surface area contributed by atoms with Crippen molar-refractivity contribution in [2.75, 3.05) is 4.90 Å². The highest BCUT2D eigenvalue weighted by Crippen LogP contribution is 2.52. The minimum atomic E-state index is -0.151. The quantitative estimate of drug-likeness (QED) is 0.183. The summed E-state index contributed by atoms with van der Waals surface area (Å²) in [6.45, 7) is 4.66. The molecule has 12 rings (SSSR count). The molecule has 0 aliphatic heterocycles. The highest BCUT2D eigenvalue weighted by molar-refractivity contribution is 6.19. The second kappa shape index (κ2) is 11.0. The third-order valence-electron chi connectivity index (χ3n) is 11.9. The molecule has 0 saturated carbocycles. The maximum atomic E-state index is 6.68. The molecule has 0 saturated heterocycles. The van der Waals surface area contributed by atoms with Crippen LogP contribution in [-0.4, -0.2) is 0 Å². The smallest absolute Gasteiger partial charge is 0.159 e. The average Bonchev–Trinajstić information content (AvgIpc) is 3.96. The number of hydrogen-bond acceptors (Lipinski definition) is 4. The number of anilines is 3. The molecule has 0 fully saturated rings. The summed E-state index contributed by atoms with van der Waals surface area (Å²) >= 11 is 0. The lowest BCUT2D eigenvalue weighted by Crippen LogP contribution is -2.16. The third-order valence-corrected chi connectivity index (χ3v) is 11.9. The van der Waals surface area contributed by atoms with Crippen molar-refractivity contribution in [3.05, 3.63) is 175 Å². The summed E-state index contributed by atoms with van der Waals surface area (Å²) in [5.74, 6) is 0. The molecule has 4 nitrogen and oxygen atoms in total. The number of benzene rings is 8. The Labute approximate surface area is 316 Å². The molecular weight excluding hydrogens is 675 g/mol. The van der Waals surface area contributed by atoms with E-state index < -0.39 is 0 Å². The Kier molecular flexibility index (Phi) is 6.09. The van der Waals surface area contributed by atoms with Crippen LogP contribution in [0, 0.1) is 0 Å². The van der Waals surface area contributed by atoms with Crippen LogP contribution in [0.3, 0.4) is 0 Å². The summed E-state index contributed by atoms with van der Waals surface area (Å²) in [5, 5.41) is 6.36. The number of para-hydroxylation sites is 2. The van der Waals surface area contributed by atoms with Crippen LogP contribution >= 0.6 is 0 Å². The zero-order chi connectivity index (χ0) is 36.4. The standard InChI is InChI=1S/C51H33NO3/c1-51(2)41-18-8-6-14-34(41)35-24-22-32(27-42(35)51)52(43-19-10-17-37-36-15-7-9-20-44(36)55-50(37)43)31-23-25-45-38(26-31)39-28-48-40(29-47(39)53-45)49-33(16-11-21-46(49)54-48)30-12-4-3-5-13-30/h3-29H,1-2H3. The summed E-state index contributed by atoms with van der Waals surface area (Å²) in [6.07, 6.45) is 0. The van der Waals surface area contributed by atoms with E-state index in [1.54, 1.807) is 0 Å². The monoisotopic (exact) mass is 707 g/mol. The molecule has 0 amide bonds. The van der Waals surface area contributed by atoms with Gasteiger partial charge in [0.15, 0.2) is 5.58 Å². The van der Waals surface area contributed by atoms with Gasteiger partial charge in [0.25, 0.3) is 0 Å². The Balaban J connectivity index is 1.09. The molecule has 3 aromatic heterocycles. The number of hydrogen-bond donors (Lipinski definition) is 0. The Hall–Kier alpha value is -7.04. The van der Waals surface area contributed by atoms with E-state index in [9.17, 15) is 0 Å². The van der Waals surface area contributed by atoms with Crippen molar-refractivity contribution in [3.8, 4) is 22.3 Å². The number of nitrogens with zero attached hydrogens (tertiary/aromatic N) is 1. The van der Waals surface area contributed by atoms with Crippen LogP contribution in [0.4, 0.5) is 17.1 Å². The van der Waals surface area contributed by atoms with Gasteiger partial charge in [-0.2, -0.15) is 0 Å². The maximum Gasteiger partial charge on any atom is 0.159 e. The van der Waals surface area contributed by atoms with Gasteiger partial charge in [-0.1, -0.05) is 117 Å². The lowest BCUT2D eigenvalue weighted by molar-refractivity contribution is 0.660. The lowest BCUT2D eigenvalue weighted by Gasteiger charge is -2.28. The molecule has 0 radical (unpaired) electrons. The Morgan fingerprint density at radius 2 is 1.04 bits per heavy atom. The van der Waals surface area contributed by atoms with Gasteiger partial charge in [0.1, 0.15) is 27.9 Å². The van der Waals surface area contributed by atoms with Gasteiger partial charge in [-0.05, 0) is 94.0 Å². The van der Waals surface area contributed by atoms with Gasteiger partial charge in [-0.15, -0.1) is 0 Å². The first-order valence-electron chi connectivity index (χ1n) is 18.8. The average molecular weight is 708 g/mol. The summed E-state index contributed by atoms with van der Waals surface area (Å²) in [5.41, 5.74) is 15.5. The summed E-state index contributed by atoms with van der Waals surface area (Å²) < 4.78 is 19.9. The van der Waals surface area contributed by atoms with Gasteiger partial charge < -0.3 is 18.2 Å². The molecule has 0 atom stereocenters. The minimum Gasteiger partial charge on any atom is -0.456 e. The van der Waals surface area contributed by atoms with Crippen LogP contribution < -0.4 is 4.90 Å². The maximum absolute atomic E-state index is 6.68. The van der Waals surface area contributed by atoms with Crippen molar-refractivity contribution >= 4 is 82.9 Å². The molecule has 0 bridgehead atoms. The highest BCUT2D eigenvalue weighted by Gasteiger charge is 2.36. The van der Waals surface area contributed by atoms with Crippen molar-refractivity contribution in [2.45, 2.75) is 19.3 Å². The largest absolute Gasteiger partial charge is 0.456 e. The predicted octanol–water partition coefficient (Wildman–Crippen LogP) is 14.8. The Morgan fingerprint density at radius 3 is 1.96 bits per heavy atom. The second-order valence-corrected chi connectivity index (χ2v) is 15.3. The van der Waals surface area contributed by atoms with E-state index in [2.05, 4.69) is 158 Å². The van der Waals surface area contributed by atoms with Crippen LogP contribution in [0.1, 0.15) is 25.0 Å². The van der Waals surface area contributed by atoms with Crippen LogP contribution in [0.15, 0.2) is 177 Å². The van der Waals surface area contributed by atoms with E-state index in [1.807, 2.05) is 24.3 Å². The van der Waals surface area contributed by atoms with Gasteiger partial charge in [0, 0.05) is 49.1 Å². The fourth-order valence-corrected chi connectivity index (χ4v) is 9.25. The molecular formula is C51H33NO3. The van der Waals surface area contributed by atoms with Gasteiger partial charge in [0.05, 0.1) is 5.69 Å². The summed E-state index contributed by atoms with van der Waals surface area (Å²) in [6, 6.07) is 58.0. The predicted molar refractivity (Wildman–Crippen MR) is 226 cm³/mol. The molecule has 0 spiro atoms. The molecule has 0 unspecified atom stereocenters. The minimum absolute atomic E-state index is 0.151. The molecule has 3 heterocycles. The van der Waals surface area contributed by atoms with E-state index in [0.29, 0.717) is 0 Å². The van der Waals surface area contributed by atoms with E-state index in [4.69, 9.17) is 13.3 Å². The van der Waals surface area contributed by atoms with Crippen LogP contribution in [0.2, 0.25) is 0 Å². The SMILES string of the molecule is CC1(C)c2ccccc2-c2ccc(N(c3ccc4oc5cc6c(cc5c4c3)oc3cccc(-c4ccccc4)c36)c3cccc4c3oc3ccccc34)cc21. The molecule has 11 aromatic rings. The molecule has 4 heteroatoms. The fraction of sp³-hybridized carbons (Fsp3) is 0.0588. The first-order chi connectivity index (χ1) is 27.0. The Morgan fingerprint density at radius 1 is 0.400 bits per heavy atom. The summed E-state index contributed by atoms with van der Waals surface area (Å²) in [4.78, 5) is 2.34. The Bertz CT molecular complexity index is 3360. The topological polar surface area (TPSA) is 42.7 Å². The first-order valence-corrected chi connectivity index (χ1v) is 18.8. The van der Waals surface area contributed by atoms with E-state index in [0.717, 1.165) is 94.0 Å². The van der Waals surface area contributed by atoms with Crippen molar-refractivity contribution in [1.29, 1.82) is 0 Å². The highest BCUT2D eigenvalue weighted by atomic mass is 16.3. The number of furan rings is 3. The molecule has 1 aliphatic rings. The van der Waals surface area contributed by atoms with E-state index in [-0.39, 0.29) is 5.41 Å². The number of rotatable bonds is 4. The zero-order valence-electron chi connectivity index (χ0n) is 30.3. The van der Waals surface area contributed by atoms with Gasteiger partial charge >= 0.3 is 0 Å². The normalized spacial score (nSPS) is 13.4. The van der Waals surface area contributed by atoms with Crippen molar-refractivity contribution < 1.29 is 13.3 Å². The molecule has 55 heavy (non-hydrogen) atoms. The van der Waals surface area contributed by atoms with Crippen LogP contribution in [-0.2, 0) is 5.41 Å². The van der Waals surface area contributed by atoms with Crippen LogP contribution in [0.5, 0.6) is 0 Å². The first kappa shape index (κ1) is 30.4. The van der Waals surface area contributed by atoms with Crippen molar-refractivity contribution in [2.24, 2.45) is 0 Å². The second-order valence-electron chi connectivity index (χ2n) is 15.3. The van der Waals surface area contributed by atoms with Gasteiger partial charge in [-0.3, -0.25) is 0 Å². The molecule has 260 valence electrons. The number of fused-ring (bicyclic) bond motifs is 12. The van der Waals surface area contributed by atoms with Crippen LogP contribution in [0.25, 0.3) is 88.1 Å². The molecule has 8 aromatic carbocycles. The summed E-state index contributed by atoms with van der Waals surface area (Å²) in [7, 11) is 0. The van der Waals surface area contributed by atoms with E-state index in [1.165, 1.54) is 22.3 Å². The zero-order valence-corrected chi connectivity index (χ0v) is 30.3. The molecule has 1 aliphatic carbocycles. The molecule has 0 N–H and O–H groups in total. The van der Waals surface area contributed by atoms with Gasteiger partial charge in [0.2, 0.25) is 0 Å².